The highest BCUT2D eigenvalue weighted by atomic mass is 16.6. The number of nitrogens with one attached hydrogen (secondary N) is 2. The molecule has 1 aromatic carbocycles. The van der Waals surface area contributed by atoms with Crippen LogP contribution in [0.15, 0.2) is 18.2 Å². The van der Waals surface area contributed by atoms with Gasteiger partial charge in [-0.25, -0.2) is 0 Å². The van der Waals surface area contributed by atoms with E-state index < -0.39 is 4.92 Å². The van der Waals surface area contributed by atoms with Crippen LogP contribution in [-0.4, -0.2) is 23.7 Å². The summed E-state index contributed by atoms with van der Waals surface area (Å²) in [6.07, 6.45) is 1.84. The Labute approximate surface area is 111 Å². The van der Waals surface area contributed by atoms with Gasteiger partial charge >= 0.3 is 5.69 Å². The first-order chi connectivity index (χ1) is 9.06. The molecule has 1 aromatic rings. The van der Waals surface area contributed by atoms with E-state index in [0.29, 0.717) is 12.3 Å². The number of nitrogens with zero attached hydrogens (tertiary/aromatic N) is 1. The van der Waals surface area contributed by atoms with Gasteiger partial charge < -0.3 is 15.5 Å². The number of rotatable bonds is 4. The molecule has 1 atom stereocenters. The van der Waals surface area contributed by atoms with E-state index in [1.54, 1.807) is 18.2 Å². The van der Waals surface area contributed by atoms with Crippen LogP contribution in [0, 0.1) is 10.1 Å². The summed E-state index contributed by atoms with van der Waals surface area (Å²) in [6, 6.07) is 4.97. The number of nitro benzene ring substituents is 1. The van der Waals surface area contributed by atoms with Gasteiger partial charge in [-0.2, -0.15) is 0 Å². The highest BCUT2D eigenvalue weighted by Crippen LogP contribution is 2.35. The molecule has 0 amide bonds. The van der Waals surface area contributed by atoms with Crippen molar-refractivity contribution in [2.45, 2.75) is 25.3 Å². The molecule has 2 rings (SSSR count). The Balaban J connectivity index is 2.31. The van der Waals surface area contributed by atoms with Crippen LogP contribution in [0.2, 0.25) is 0 Å². The lowest BCUT2D eigenvalue weighted by molar-refractivity contribution is -0.383. The molecule has 1 heterocycles. The fraction of sp³-hybridized carbons (Fsp3) is 0.500. The van der Waals surface area contributed by atoms with Crippen molar-refractivity contribution in [3.8, 4) is 0 Å². The number of nitrogens with two attached hydrogens (primary N) is 1. The minimum Gasteiger partial charge on any atom is -0.379 e. The molecule has 0 radical (unpaired) electrons. The Morgan fingerprint density at radius 1 is 1.47 bits per heavy atom. The summed E-state index contributed by atoms with van der Waals surface area (Å²) in [4.78, 5) is 10.7. The minimum absolute atomic E-state index is 0.0446. The molecule has 1 saturated heterocycles. The first-order valence-electron chi connectivity index (χ1n) is 6.16. The van der Waals surface area contributed by atoms with Crippen LogP contribution in [0.5, 0.6) is 0 Å². The van der Waals surface area contributed by atoms with Crippen molar-refractivity contribution in [2.24, 2.45) is 5.84 Å². The van der Waals surface area contributed by atoms with Gasteiger partial charge in [-0.3, -0.25) is 16.0 Å². The lowest BCUT2D eigenvalue weighted by Gasteiger charge is -2.35. The molecule has 7 nitrogen and oxygen atoms in total. The lowest BCUT2D eigenvalue weighted by Crippen LogP contribution is -2.43. The standard InChI is InChI=1S/C12H18N4O3/c1-12(6-3-7-19-8-12)14-9-4-2-5-10(15-13)11(9)16(17)18/h2,4-5,14-15H,3,6-8,13H2,1H3. The maximum Gasteiger partial charge on any atom is 0.316 e. The fourth-order valence-corrected chi connectivity index (χ4v) is 2.32. The predicted molar refractivity (Wildman–Crippen MR) is 73.0 cm³/mol. The molecular formula is C12H18N4O3. The molecule has 0 aromatic heterocycles. The Morgan fingerprint density at radius 2 is 2.21 bits per heavy atom. The number of ether oxygens (including phenoxy) is 1. The Kier molecular flexibility index (Phi) is 3.87. The van der Waals surface area contributed by atoms with Crippen LogP contribution in [-0.2, 0) is 4.74 Å². The Hall–Kier alpha value is -1.86. The summed E-state index contributed by atoms with van der Waals surface area (Å²) in [7, 11) is 0. The van der Waals surface area contributed by atoms with E-state index >= 15 is 0 Å². The van der Waals surface area contributed by atoms with Crippen molar-refractivity contribution < 1.29 is 9.66 Å². The monoisotopic (exact) mass is 266 g/mol. The van der Waals surface area contributed by atoms with Gasteiger partial charge in [0.1, 0.15) is 11.4 Å². The lowest BCUT2D eigenvalue weighted by atomic mass is 9.94. The number of nitro groups is 1. The molecule has 0 aliphatic carbocycles. The summed E-state index contributed by atoms with van der Waals surface area (Å²) in [6.45, 7) is 3.27. The minimum atomic E-state index is -0.440. The molecule has 1 fully saturated rings. The molecule has 1 unspecified atom stereocenters. The first kappa shape index (κ1) is 13.6. The van der Waals surface area contributed by atoms with E-state index in [1.807, 2.05) is 6.92 Å². The summed E-state index contributed by atoms with van der Waals surface area (Å²) in [5.74, 6) is 5.32. The third kappa shape index (κ3) is 2.94. The van der Waals surface area contributed by atoms with Crippen LogP contribution in [0.3, 0.4) is 0 Å². The first-order valence-corrected chi connectivity index (χ1v) is 6.16. The van der Waals surface area contributed by atoms with Crippen LogP contribution >= 0.6 is 0 Å². The van der Waals surface area contributed by atoms with Gasteiger partial charge in [0.25, 0.3) is 0 Å². The molecule has 0 saturated carbocycles. The normalized spacial score (nSPS) is 22.8. The molecule has 1 aliphatic heterocycles. The van der Waals surface area contributed by atoms with Crippen LogP contribution in [0.1, 0.15) is 19.8 Å². The maximum atomic E-state index is 11.2. The predicted octanol–water partition coefficient (Wildman–Crippen LogP) is 1.86. The molecule has 0 spiro atoms. The zero-order valence-corrected chi connectivity index (χ0v) is 10.8. The van der Waals surface area contributed by atoms with Crippen molar-refractivity contribution >= 4 is 17.1 Å². The third-order valence-corrected chi connectivity index (χ3v) is 3.25. The number of benzene rings is 1. The SMILES string of the molecule is CC1(Nc2cccc(NN)c2[N+](=O)[O-])CCCOC1. The van der Waals surface area contributed by atoms with Crippen LogP contribution in [0.25, 0.3) is 0 Å². The molecular weight excluding hydrogens is 248 g/mol. The summed E-state index contributed by atoms with van der Waals surface area (Å²) < 4.78 is 5.44. The van der Waals surface area contributed by atoms with Gasteiger partial charge in [0.2, 0.25) is 0 Å². The zero-order chi connectivity index (χ0) is 13.9. The molecule has 104 valence electrons. The van der Waals surface area contributed by atoms with E-state index in [1.165, 1.54) is 0 Å². The topological polar surface area (TPSA) is 102 Å². The number of hydrazine groups is 1. The largest absolute Gasteiger partial charge is 0.379 e. The highest BCUT2D eigenvalue weighted by molar-refractivity contribution is 5.76. The highest BCUT2D eigenvalue weighted by Gasteiger charge is 2.30. The van der Waals surface area contributed by atoms with Crippen molar-refractivity contribution in [1.29, 1.82) is 0 Å². The van der Waals surface area contributed by atoms with Crippen LogP contribution < -0.4 is 16.6 Å². The number of hydrogen-bond donors (Lipinski definition) is 3. The quantitative estimate of drug-likeness (QED) is 0.436. The van der Waals surface area contributed by atoms with Crippen LogP contribution in [0.4, 0.5) is 17.1 Å². The second-order valence-electron chi connectivity index (χ2n) is 4.94. The summed E-state index contributed by atoms with van der Waals surface area (Å²) in [5.41, 5.74) is 2.75. The van der Waals surface area contributed by atoms with Gasteiger partial charge in [-0.1, -0.05) is 6.07 Å². The molecule has 0 bridgehead atoms. The summed E-state index contributed by atoms with van der Waals surface area (Å²) in [5, 5.41) is 14.4. The second-order valence-corrected chi connectivity index (χ2v) is 4.94. The third-order valence-electron chi connectivity index (χ3n) is 3.25. The van der Waals surface area contributed by atoms with Gasteiger partial charge in [-0.05, 0) is 31.9 Å². The zero-order valence-electron chi connectivity index (χ0n) is 10.8. The summed E-state index contributed by atoms with van der Waals surface area (Å²) >= 11 is 0. The smallest absolute Gasteiger partial charge is 0.316 e. The van der Waals surface area contributed by atoms with E-state index in [2.05, 4.69) is 10.7 Å². The number of nitrogen functional groups attached to an aromatic ring is 1. The number of para-hydroxylation sites is 1. The molecule has 19 heavy (non-hydrogen) atoms. The molecule has 1 aliphatic rings. The fourth-order valence-electron chi connectivity index (χ4n) is 2.32. The average Bonchev–Trinajstić information content (AvgIpc) is 2.38. The Bertz CT molecular complexity index is 472. The van der Waals surface area contributed by atoms with E-state index in [4.69, 9.17) is 10.6 Å². The van der Waals surface area contributed by atoms with Gasteiger partial charge in [0.15, 0.2) is 0 Å². The van der Waals surface area contributed by atoms with Gasteiger partial charge in [0, 0.05) is 6.61 Å². The van der Waals surface area contributed by atoms with E-state index in [0.717, 1.165) is 19.4 Å². The van der Waals surface area contributed by atoms with Gasteiger partial charge in [0.05, 0.1) is 17.1 Å². The number of hydrogen-bond acceptors (Lipinski definition) is 6. The number of anilines is 2. The molecule has 7 heteroatoms. The Morgan fingerprint density at radius 3 is 2.79 bits per heavy atom. The van der Waals surface area contributed by atoms with Crippen molar-refractivity contribution in [3.63, 3.8) is 0 Å². The second kappa shape index (κ2) is 5.41. The molecule has 4 N–H and O–H groups in total. The van der Waals surface area contributed by atoms with Gasteiger partial charge in [-0.15, -0.1) is 0 Å². The van der Waals surface area contributed by atoms with Crippen molar-refractivity contribution in [1.82, 2.24) is 0 Å². The van der Waals surface area contributed by atoms with E-state index in [-0.39, 0.29) is 16.9 Å². The van der Waals surface area contributed by atoms with Crippen molar-refractivity contribution in [2.75, 3.05) is 24.0 Å². The average molecular weight is 266 g/mol. The maximum absolute atomic E-state index is 11.2. The van der Waals surface area contributed by atoms with Crippen molar-refractivity contribution in [3.05, 3.63) is 28.3 Å². The van der Waals surface area contributed by atoms with E-state index in [9.17, 15) is 10.1 Å².